The number of pyridine rings is 1. The van der Waals surface area contributed by atoms with Gasteiger partial charge in [-0.3, -0.25) is 4.79 Å². The second-order valence-electron chi connectivity index (χ2n) is 5.48. The van der Waals surface area contributed by atoms with E-state index in [2.05, 4.69) is 12.2 Å². The minimum absolute atomic E-state index is 0.110. The summed E-state index contributed by atoms with van der Waals surface area (Å²) in [7, 11) is 0. The Balaban J connectivity index is 1.70. The van der Waals surface area contributed by atoms with Crippen molar-refractivity contribution in [1.29, 1.82) is 0 Å². The highest BCUT2D eigenvalue weighted by Crippen LogP contribution is 2.32. The van der Waals surface area contributed by atoms with Gasteiger partial charge in [-0.25, -0.2) is 0 Å². The second-order valence-corrected chi connectivity index (χ2v) is 5.48. The van der Waals surface area contributed by atoms with Crippen LogP contribution in [0.1, 0.15) is 19.8 Å². The third-order valence-corrected chi connectivity index (χ3v) is 4.03. The molecule has 0 radical (unpaired) electrons. The van der Waals surface area contributed by atoms with Crippen LogP contribution in [0.4, 0.5) is 0 Å². The minimum atomic E-state index is 0.110. The molecule has 1 fully saturated rings. The first kappa shape index (κ1) is 12.4. The van der Waals surface area contributed by atoms with Gasteiger partial charge < -0.3 is 9.88 Å². The Morgan fingerprint density at radius 2 is 2.11 bits per heavy atom. The normalized spacial score (nSPS) is 16.7. The fraction of sp³-hybridized carbons (Fsp3) is 0.438. The maximum Gasteiger partial charge on any atom is 0.258 e. The topological polar surface area (TPSA) is 34.0 Å². The zero-order valence-electron chi connectivity index (χ0n) is 11.3. The van der Waals surface area contributed by atoms with E-state index in [0.29, 0.717) is 6.04 Å². The van der Waals surface area contributed by atoms with Gasteiger partial charge in [0, 0.05) is 30.7 Å². The van der Waals surface area contributed by atoms with Crippen LogP contribution in [0, 0.1) is 5.92 Å². The molecule has 1 aliphatic carbocycles. The van der Waals surface area contributed by atoms with Crippen molar-refractivity contribution in [2.24, 2.45) is 5.92 Å². The van der Waals surface area contributed by atoms with Gasteiger partial charge in [0.1, 0.15) is 0 Å². The van der Waals surface area contributed by atoms with E-state index in [1.54, 1.807) is 4.57 Å². The summed E-state index contributed by atoms with van der Waals surface area (Å²) in [5, 5.41) is 5.33. The van der Waals surface area contributed by atoms with Crippen molar-refractivity contribution >= 4 is 10.8 Å². The Morgan fingerprint density at radius 3 is 2.89 bits per heavy atom. The van der Waals surface area contributed by atoms with Crippen molar-refractivity contribution < 1.29 is 0 Å². The lowest BCUT2D eigenvalue weighted by Crippen LogP contribution is -2.33. The van der Waals surface area contributed by atoms with Crippen LogP contribution in [0.5, 0.6) is 0 Å². The number of benzene rings is 1. The largest absolute Gasteiger partial charge is 0.314 e. The molecule has 0 aliphatic heterocycles. The van der Waals surface area contributed by atoms with Crippen LogP contribution in [0.25, 0.3) is 10.8 Å². The maximum atomic E-state index is 12.3. The van der Waals surface area contributed by atoms with Crippen molar-refractivity contribution in [3.63, 3.8) is 0 Å². The zero-order valence-corrected chi connectivity index (χ0v) is 11.3. The lowest BCUT2D eigenvalue weighted by atomic mass is 10.2. The monoisotopic (exact) mass is 256 g/mol. The van der Waals surface area contributed by atoms with Crippen LogP contribution >= 0.6 is 0 Å². The molecule has 100 valence electrons. The van der Waals surface area contributed by atoms with Crippen molar-refractivity contribution in [2.75, 3.05) is 6.54 Å². The number of nitrogens with zero attached hydrogens (tertiary/aromatic N) is 1. The number of rotatable bonds is 5. The van der Waals surface area contributed by atoms with Gasteiger partial charge in [0.15, 0.2) is 0 Å². The molecule has 1 heterocycles. The second kappa shape index (κ2) is 5.17. The molecule has 1 aromatic heterocycles. The maximum absolute atomic E-state index is 12.3. The Bertz CT molecular complexity index is 628. The van der Waals surface area contributed by atoms with Crippen LogP contribution in [0.15, 0.2) is 41.3 Å². The van der Waals surface area contributed by atoms with E-state index >= 15 is 0 Å². The highest BCUT2D eigenvalue weighted by atomic mass is 16.1. The van der Waals surface area contributed by atoms with Crippen LogP contribution in [-0.4, -0.2) is 17.2 Å². The molecule has 1 atom stereocenters. The van der Waals surface area contributed by atoms with Gasteiger partial charge in [-0.15, -0.1) is 0 Å². The zero-order chi connectivity index (χ0) is 13.2. The predicted octanol–water partition coefficient (Wildman–Crippen LogP) is 2.39. The van der Waals surface area contributed by atoms with Crippen LogP contribution in [-0.2, 0) is 6.54 Å². The van der Waals surface area contributed by atoms with Crippen LogP contribution in [0.2, 0.25) is 0 Å². The summed E-state index contributed by atoms with van der Waals surface area (Å²) < 4.78 is 1.80. The van der Waals surface area contributed by atoms with Gasteiger partial charge in [-0.05, 0) is 43.2 Å². The molecule has 1 aromatic carbocycles. The van der Waals surface area contributed by atoms with Crippen molar-refractivity contribution in [3.05, 3.63) is 46.9 Å². The summed E-state index contributed by atoms with van der Waals surface area (Å²) in [6.45, 7) is 3.83. The number of hydrogen-bond donors (Lipinski definition) is 1. The Labute approximate surface area is 113 Å². The lowest BCUT2D eigenvalue weighted by molar-refractivity contribution is 0.473. The quantitative estimate of drug-likeness (QED) is 0.891. The van der Waals surface area contributed by atoms with Crippen molar-refractivity contribution in [2.45, 2.75) is 32.4 Å². The first-order valence-corrected chi connectivity index (χ1v) is 7.07. The van der Waals surface area contributed by atoms with Gasteiger partial charge in [-0.2, -0.15) is 0 Å². The molecule has 3 nitrogen and oxygen atoms in total. The lowest BCUT2D eigenvalue weighted by Gasteiger charge is -2.13. The fourth-order valence-corrected chi connectivity index (χ4v) is 2.58. The predicted molar refractivity (Wildman–Crippen MR) is 78.4 cm³/mol. The minimum Gasteiger partial charge on any atom is -0.314 e. The van der Waals surface area contributed by atoms with E-state index in [0.717, 1.165) is 29.8 Å². The molecule has 3 heteroatoms. The molecule has 1 saturated carbocycles. The van der Waals surface area contributed by atoms with Crippen LogP contribution < -0.4 is 10.9 Å². The first-order chi connectivity index (χ1) is 9.25. The molecule has 0 saturated heterocycles. The summed E-state index contributed by atoms with van der Waals surface area (Å²) in [4.78, 5) is 12.3. The number of hydrogen-bond acceptors (Lipinski definition) is 2. The average Bonchev–Trinajstić information content (AvgIpc) is 3.26. The highest BCUT2D eigenvalue weighted by molar-refractivity contribution is 5.81. The first-order valence-electron chi connectivity index (χ1n) is 7.07. The van der Waals surface area contributed by atoms with E-state index < -0.39 is 0 Å². The number of fused-ring (bicyclic) bond motifs is 1. The highest BCUT2D eigenvalue weighted by Gasteiger charge is 2.27. The van der Waals surface area contributed by atoms with Gasteiger partial charge in [-0.1, -0.05) is 18.2 Å². The molecule has 2 aromatic rings. The molecular weight excluding hydrogens is 236 g/mol. The number of aromatic nitrogens is 1. The van der Waals surface area contributed by atoms with Crippen LogP contribution in [0.3, 0.4) is 0 Å². The van der Waals surface area contributed by atoms with E-state index in [1.165, 1.54) is 12.8 Å². The van der Waals surface area contributed by atoms with Gasteiger partial charge in [0.25, 0.3) is 5.56 Å². The smallest absolute Gasteiger partial charge is 0.258 e. The van der Waals surface area contributed by atoms with Crippen molar-refractivity contribution in [1.82, 2.24) is 9.88 Å². The molecule has 1 N–H and O–H groups in total. The molecule has 0 amide bonds. The fourth-order valence-electron chi connectivity index (χ4n) is 2.58. The summed E-state index contributed by atoms with van der Waals surface area (Å²) in [5.41, 5.74) is 0.110. The molecule has 19 heavy (non-hydrogen) atoms. The molecule has 1 aliphatic rings. The average molecular weight is 256 g/mol. The summed E-state index contributed by atoms with van der Waals surface area (Å²) in [6, 6.07) is 10.4. The Hall–Kier alpha value is -1.61. The molecular formula is C16H20N2O. The van der Waals surface area contributed by atoms with E-state index in [4.69, 9.17) is 0 Å². The molecule has 0 bridgehead atoms. The molecule has 3 rings (SSSR count). The van der Waals surface area contributed by atoms with E-state index in [1.807, 2.05) is 36.5 Å². The summed E-state index contributed by atoms with van der Waals surface area (Å²) in [6.07, 6.45) is 4.60. The third kappa shape index (κ3) is 2.71. The molecule has 1 unspecified atom stereocenters. The van der Waals surface area contributed by atoms with Gasteiger partial charge in [0.05, 0.1) is 0 Å². The van der Waals surface area contributed by atoms with Gasteiger partial charge >= 0.3 is 0 Å². The molecule has 0 spiro atoms. The van der Waals surface area contributed by atoms with Crippen molar-refractivity contribution in [3.8, 4) is 0 Å². The standard InChI is InChI=1S/C16H20N2O/c1-12(13-6-7-13)17-9-11-18-10-8-14-4-2-3-5-15(14)16(18)19/h2-5,8,10,12-13,17H,6-7,9,11H2,1H3. The third-order valence-electron chi connectivity index (χ3n) is 4.03. The summed E-state index contributed by atoms with van der Waals surface area (Å²) in [5.74, 6) is 0.855. The Kier molecular flexibility index (Phi) is 3.38. The number of nitrogens with one attached hydrogen (secondary N) is 1. The van der Waals surface area contributed by atoms with E-state index in [-0.39, 0.29) is 5.56 Å². The summed E-state index contributed by atoms with van der Waals surface area (Å²) >= 11 is 0. The Morgan fingerprint density at radius 1 is 1.32 bits per heavy atom. The SMILES string of the molecule is CC(NCCn1ccc2ccccc2c1=O)C1CC1. The van der Waals surface area contributed by atoms with E-state index in [9.17, 15) is 4.79 Å². The van der Waals surface area contributed by atoms with Gasteiger partial charge in [0.2, 0.25) is 0 Å².